The van der Waals surface area contributed by atoms with Crippen molar-refractivity contribution in [2.24, 2.45) is 5.73 Å². The van der Waals surface area contributed by atoms with Crippen molar-refractivity contribution in [3.63, 3.8) is 0 Å². The number of carbonyl (C=O) groups excluding carboxylic acids is 2. The minimum absolute atomic E-state index is 0.0167. The number of anilines is 1. The van der Waals surface area contributed by atoms with E-state index in [4.69, 9.17) is 5.73 Å². The molecule has 134 valence electrons. The van der Waals surface area contributed by atoms with Crippen molar-refractivity contribution in [2.45, 2.75) is 40.3 Å². The summed E-state index contributed by atoms with van der Waals surface area (Å²) in [5.74, 6) is -1.12. The van der Waals surface area contributed by atoms with Gasteiger partial charge in [-0.2, -0.15) is 10.2 Å². The zero-order valence-corrected chi connectivity index (χ0v) is 14.1. The van der Waals surface area contributed by atoms with E-state index in [-0.39, 0.29) is 35.9 Å². The minimum atomic E-state index is -0.739. The number of rotatable bonds is 7. The second-order valence-corrected chi connectivity index (χ2v) is 5.41. The fourth-order valence-corrected chi connectivity index (χ4v) is 2.45. The highest BCUT2D eigenvalue weighted by molar-refractivity contribution is 6.01. The summed E-state index contributed by atoms with van der Waals surface area (Å²) in [4.78, 5) is 34.0. The highest BCUT2D eigenvalue weighted by atomic mass is 16.6. The third kappa shape index (κ3) is 3.82. The smallest absolute Gasteiger partial charge is 0.312 e. The number of nitrogens with two attached hydrogens (primary N) is 1. The number of aromatic nitrogens is 4. The molecular formula is C14H19N7O4. The van der Waals surface area contributed by atoms with Crippen LogP contribution in [0.15, 0.2) is 6.20 Å². The fourth-order valence-electron chi connectivity index (χ4n) is 2.45. The standard InChI is InChI=1S/C14H19N7O4/c1-4-19-7-10(12(18-19)14(15)23)16-11(22)5-6-20-9(3)13(21(24)25)8(2)17-20/h7H,4-6H2,1-3H3,(H2,15,23)(H,16,22). The van der Waals surface area contributed by atoms with Gasteiger partial charge >= 0.3 is 5.69 Å². The molecule has 0 aromatic carbocycles. The Morgan fingerprint density at radius 2 is 2.04 bits per heavy atom. The van der Waals surface area contributed by atoms with Gasteiger partial charge < -0.3 is 11.1 Å². The van der Waals surface area contributed by atoms with Crippen molar-refractivity contribution < 1.29 is 14.5 Å². The van der Waals surface area contributed by atoms with Gasteiger partial charge in [0, 0.05) is 19.2 Å². The predicted molar refractivity (Wildman–Crippen MR) is 88.0 cm³/mol. The summed E-state index contributed by atoms with van der Waals surface area (Å²) in [7, 11) is 0. The number of hydrogen-bond donors (Lipinski definition) is 2. The molecule has 0 aliphatic heterocycles. The number of nitro groups is 1. The van der Waals surface area contributed by atoms with Crippen molar-refractivity contribution in [3.05, 3.63) is 33.4 Å². The predicted octanol–water partition coefficient (Wildman–Crippen LogP) is 0.752. The Bertz CT molecular complexity index is 837. The number of hydrogen-bond acceptors (Lipinski definition) is 6. The lowest BCUT2D eigenvalue weighted by Crippen LogP contribution is -2.19. The Kier molecular flexibility index (Phi) is 5.15. The molecule has 25 heavy (non-hydrogen) atoms. The summed E-state index contributed by atoms with van der Waals surface area (Å²) in [5, 5.41) is 21.6. The molecule has 0 saturated heterocycles. The first-order chi connectivity index (χ1) is 11.7. The highest BCUT2D eigenvalue weighted by Crippen LogP contribution is 2.22. The molecule has 0 unspecified atom stereocenters. The van der Waals surface area contributed by atoms with E-state index in [1.807, 2.05) is 6.92 Å². The van der Waals surface area contributed by atoms with E-state index in [1.54, 1.807) is 13.8 Å². The van der Waals surface area contributed by atoms with Crippen molar-refractivity contribution in [1.82, 2.24) is 19.6 Å². The van der Waals surface area contributed by atoms with Crippen molar-refractivity contribution in [3.8, 4) is 0 Å². The fraction of sp³-hybridized carbons (Fsp3) is 0.429. The molecule has 3 N–H and O–H groups in total. The van der Waals surface area contributed by atoms with Gasteiger partial charge in [-0.3, -0.25) is 29.1 Å². The van der Waals surface area contributed by atoms with Crippen LogP contribution in [0.1, 0.15) is 35.2 Å². The topological polar surface area (TPSA) is 151 Å². The monoisotopic (exact) mass is 349 g/mol. The van der Waals surface area contributed by atoms with Gasteiger partial charge in [0.05, 0.1) is 17.2 Å². The largest absolute Gasteiger partial charge is 0.364 e. The molecule has 2 amide bonds. The number of primary amides is 1. The molecule has 0 aliphatic carbocycles. The second-order valence-electron chi connectivity index (χ2n) is 5.41. The van der Waals surface area contributed by atoms with E-state index >= 15 is 0 Å². The molecule has 2 heterocycles. The quantitative estimate of drug-likeness (QED) is 0.556. The van der Waals surface area contributed by atoms with E-state index in [2.05, 4.69) is 15.5 Å². The van der Waals surface area contributed by atoms with E-state index in [0.717, 1.165) is 0 Å². The molecule has 0 radical (unpaired) electrons. The van der Waals surface area contributed by atoms with Gasteiger partial charge in [-0.1, -0.05) is 0 Å². The molecule has 2 aromatic rings. The average Bonchev–Trinajstić information content (AvgIpc) is 3.06. The number of amides is 2. The second kappa shape index (κ2) is 7.11. The Balaban J connectivity index is 2.07. The van der Waals surface area contributed by atoms with E-state index in [9.17, 15) is 19.7 Å². The van der Waals surface area contributed by atoms with E-state index in [0.29, 0.717) is 17.9 Å². The van der Waals surface area contributed by atoms with Gasteiger partial charge in [0.2, 0.25) is 5.91 Å². The van der Waals surface area contributed by atoms with Gasteiger partial charge in [0.1, 0.15) is 11.4 Å². The molecule has 2 aromatic heterocycles. The van der Waals surface area contributed by atoms with Crippen LogP contribution in [0.2, 0.25) is 0 Å². The molecule has 2 rings (SSSR count). The zero-order chi connectivity index (χ0) is 18.7. The minimum Gasteiger partial charge on any atom is -0.364 e. The van der Waals surface area contributed by atoms with Crippen LogP contribution in [0.3, 0.4) is 0 Å². The van der Waals surface area contributed by atoms with Gasteiger partial charge in [-0.05, 0) is 20.8 Å². The summed E-state index contributed by atoms with van der Waals surface area (Å²) in [6.45, 7) is 5.64. The number of aryl methyl sites for hydroxylation is 3. The average molecular weight is 349 g/mol. The van der Waals surface area contributed by atoms with Crippen LogP contribution in [0.4, 0.5) is 11.4 Å². The number of carbonyl (C=O) groups is 2. The summed E-state index contributed by atoms with van der Waals surface area (Å²) in [5.41, 5.74) is 6.09. The van der Waals surface area contributed by atoms with Crippen molar-refractivity contribution in [2.75, 3.05) is 5.32 Å². The Morgan fingerprint density at radius 1 is 1.36 bits per heavy atom. The molecule has 0 fully saturated rings. The third-order valence-electron chi connectivity index (χ3n) is 3.67. The Hall–Kier alpha value is -3.24. The summed E-state index contributed by atoms with van der Waals surface area (Å²) in [6.07, 6.45) is 1.54. The maximum Gasteiger partial charge on any atom is 0.312 e. The Labute approximate surface area is 142 Å². The van der Waals surface area contributed by atoms with Crippen LogP contribution in [-0.4, -0.2) is 36.3 Å². The van der Waals surface area contributed by atoms with Crippen molar-refractivity contribution >= 4 is 23.2 Å². The first-order valence-electron chi connectivity index (χ1n) is 7.60. The van der Waals surface area contributed by atoms with E-state index in [1.165, 1.54) is 15.6 Å². The van der Waals surface area contributed by atoms with Crippen LogP contribution in [0, 0.1) is 24.0 Å². The highest BCUT2D eigenvalue weighted by Gasteiger charge is 2.22. The summed E-state index contributed by atoms with van der Waals surface area (Å²) < 4.78 is 2.90. The molecule has 11 nitrogen and oxygen atoms in total. The maximum atomic E-state index is 12.1. The van der Waals surface area contributed by atoms with Gasteiger partial charge in [0.25, 0.3) is 5.91 Å². The first-order valence-corrected chi connectivity index (χ1v) is 7.60. The summed E-state index contributed by atoms with van der Waals surface area (Å²) >= 11 is 0. The molecular weight excluding hydrogens is 330 g/mol. The molecule has 0 aliphatic rings. The summed E-state index contributed by atoms with van der Waals surface area (Å²) in [6, 6.07) is 0. The molecule has 11 heteroatoms. The normalized spacial score (nSPS) is 10.7. The Morgan fingerprint density at radius 3 is 2.56 bits per heavy atom. The molecule has 0 saturated carbocycles. The van der Waals surface area contributed by atoms with E-state index < -0.39 is 10.8 Å². The third-order valence-corrected chi connectivity index (χ3v) is 3.67. The molecule has 0 spiro atoms. The molecule has 0 atom stereocenters. The lowest BCUT2D eigenvalue weighted by molar-refractivity contribution is -0.386. The van der Waals surface area contributed by atoms with Gasteiger partial charge in [0.15, 0.2) is 5.69 Å². The van der Waals surface area contributed by atoms with Crippen LogP contribution in [0.5, 0.6) is 0 Å². The van der Waals surface area contributed by atoms with Crippen LogP contribution in [-0.2, 0) is 17.9 Å². The van der Waals surface area contributed by atoms with Gasteiger partial charge in [-0.25, -0.2) is 0 Å². The lowest BCUT2D eigenvalue weighted by atomic mass is 10.3. The van der Waals surface area contributed by atoms with Gasteiger partial charge in [-0.15, -0.1) is 0 Å². The maximum absolute atomic E-state index is 12.1. The molecule has 0 bridgehead atoms. The van der Waals surface area contributed by atoms with Crippen molar-refractivity contribution in [1.29, 1.82) is 0 Å². The SMILES string of the molecule is CCn1cc(NC(=O)CCn2nc(C)c([N+](=O)[O-])c2C)c(C(N)=O)n1. The first kappa shape index (κ1) is 18.1. The zero-order valence-electron chi connectivity index (χ0n) is 14.1. The lowest BCUT2D eigenvalue weighted by Gasteiger charge is -2.05. The van der Waals surface area contributed by atoms with Crippen LogP contribution >= 0.6 is 0 Å². The number of nitrogens with zero attached hydrogens (tertiary/aromatic N) is 5. The van der Waals surface area contributed by atoms with Crippen LogP contribution < -0.4 is 11.1 Å². The number of nitrogens with one attached hydrogen (secondary N) is 1. The van der Waals surface area contributed by atoms with Crippen LogP contribution in [0.25, 0.3) is 0 Å².